The highest BCUT2D eigenvalue weighted by atomic mass is 16.5. The van der Waals surface area contributed by atoms with Crippen LogP contribution in [0, 0.1) is 0 Å². The maximum Gasteiger partial charge on any atom is 0.322 e. The molecule has 1 aliphatic rings. The number of imide groups is 1. The molecule has 1 fully saturated rings. The van der Waals surface area contributed by atoms with E-state index in [2.05, 4.69) is 10.6 Å². The van der Waals surface area contributed by atoms with Crippen molar-refractivity contribution in [1.29, 1.82) is 0 Å². The van der Waals surface area contributed by atoms with Crippen LogP contribution in [0.15, 0.2) is 60.7 Å². The summed E-state index contributed by atoms with van der Waals surface area (Å²) in [6, 6.07) is 16.7. The minimum Gasteiger partial charge on any atom is -0.321 e. The topological polar surface area (TPSA) is 98.7 Å². The number of nitrogens with one attached hydrogen (secondary N) is 2. The minimum absolute atomic E-state index is 0.133. The van der Waals surface area contributed by atoms with Crippen LogP contribution >= 0.6 is 0 Å². The van der Waals surface area contributed by atoms with Gasteiger partial charge < -0.3 is 5.32 Å². The van der Waals surface area contributed by atoms with E-state index in [9.17, 15) is 19.6 Å². The molecule has 2 aromatic rings. The predicted molar refractivity (Wildman–Crippen MR) is 93.2 cm³/mol. The van der Waals surface area contributed by atoms with Crippen molar-refractivity contribution in [3.8, 4) is 0 Å². The Morgan fingerprint density at radius 3 is 2.08 bits per heavy atom. The zero-order chi connectivity index (χ0) is 18.6. The van der Waals surface area contributed by atoms with Crippen LogP contribution in [0.4, 0.5) is 4.79 Å². The molecule has 3 rings (SSSR count). The van der Waals surface area contributed by atoms with E-state index in [1.807, 2.05) is 60.7 Å². The van der Waals surface area contributed by atoms with E-state index in [-0.39, 0.29) is 19.3 Å². The lowest BCUT2D eigenvalue weighted by Gasteiger charge is -2.37. The number of hydroxylamine groups is 2. The van der Waals surface area contributed by atoms with Crippen LogP contribution in [0.2, 0.25) is 0 Å². The normalized spacial score (nSPS) is 20.2. The first-order valence-corrected chi connectivity index (χ1v) is 8.19. The lowest BCUT2D eigenvalue weighted by atomic mass is 9.80. The van der Waals surface area contributed by atoms with E-state index in [4.69, 9.17) is 0 Å². The second-order valence-corrected chi connectivity index (χ2v) is 6.23. The number of urea groups is 1. The first-order chi connectivity index (χ1) is 12.5. The molecule has 1 heterocycles. The van der Waals surface area contributed by atoms with E-state index in [0.29, 0.717) is 5.06 Å². The van der Waals surface area contributed by atoms with Crippen molar-refractivity contribution in [3.63, 3.8) is 0 Å². The minimum atomic E-state index is -1.48. The van der Waals surface area contributed by atoms with Crippen molar-refractivity contribution in [1.82, 2.24) is 15.7 Å². The fourth-order valence-corrected chi connectivity index (χ4v) is 3.30. The molecule has 0 saturated carbocycles. The number of carbonyl (C=O) groups is 3. The molecule has 0 aromatic heterocycles. The molecule has 2 atom stereocenters. The van der Waals surface area contributed by atoms with Gasteiger partial charge in [0, 0.05) is 6.42 Å². The lowest BCUT2D eigenvalue weighted by molar-refractivity contribution is -0.169. The molecule has 3 N–H and O–H groups in total. The summed E-state index contributed by atoms with van der Waals surface area (Å²) in [5.74, 6) is -0.576. The van der Waals surface area contributed by atoms with Gasteiger partial charge in [-0.25, -0.2) is 9.86 Å². The highest BCUT2D eigenvalue weighted by Crippen LogP contribution is 2.27. The van der Waals surface area contributed by atoms with Gasteiger partial charge in [-0.1, -0.05) is 60.7 Å². The quantitative estimate of drug-likeness (QED) is 0.302. The summed E-state index contributed by atoms with van der Waals surface area (Å²) in [6.45, 7) is 0. The SMILES string of the molecule is O=CN(O)[C@@H](Cc1ccccc1)C1(Cc2ccccc2)NC(=O)NC1=O. The summed E-state index contributed by atoms with van der Waals surface area (Å²) in [7, 11) is 0. The molecule has 2 aromatic carbocycles. The van der Waals surface area contributed by atoms with Gasteiger partial charge in [-0.05, 0) is 17.5 Å². The molecule has 1 unspecified atom stereocenters. The number of nitrogens with zero attached hydrogens (tertiary/aromatic N) is 1. The van der Waals surface area contributed by atoms with Crippen molar-refractivity contribution in [2.24, 2.45) is 0 Å². The molecule has 0 spiro atoms. The Kier molecular flexibility index (Phi) is 4.99. The van der Waals surface area contributed by atoms with Gasteiger partial charge >= 0.3 is 6.03 Å². The molecule has 4 amide bonds. The summed E-state index contributed by atoms with van der Waals surface area (Å²) in [5.41, 5.74) is 0.131. The van der Waals surface area contributed by atoms with Gasteiger partial charge in [-0.15, -0.1) is 0 Å². The highest BCUT2D eigenvalue weighted by molar-refractivity contribution is 6.07. The first-order valence-electron chi connectivity index (χ1n) is 8.19. The summed E-state index contributed by atoms with van der Waals surface area (Å²) < 4.78 is 0. The van der Waals surface area contributed by atoms with Crippen LogP contribution in [-0.4, -0.2) is 40.2 Å². The maximum atomic E-state index is 12.7. The molecule has 1 aliphatic heterocycles. The van der Waals surface area contributed by atoms with Gasteiger partial charge in [0.15, 0.2) is 0 Å². The molecule has 0 aliphatic carbocycles. The Morgan fingerprint density at radius 2 is 1.58 bits per heavy atom. The summed E-state index contributed by atoms with van der Waals surface area (Å²) >= 11 is 0. The number of hydrogen-bond acceptors (Lipinski definition) is 4. The molecule has 1 saturated heterocycles. The number of hydrogen-bond donors (Lipinski definition) is 3. The third-order valence-electron chi connectivity index (χ3n) is 4.56. The third-order valence-corrected chi connectivity index (χ3v) is 4.56. The van der Waals surface area contributed by atoms with Crippen molar-refractivity contribution < 1.29 is 19.6 Å². The van der Waals surface area contributed by atoms with Crippen molar-refractivity contribution in [2.45, 2.75) is 24.4 Å². The average molecular weight is 353 g/mol. The second kappa shape index (κ2) is 7.37. The number of amides is 4. The maximum absolute atomic E-state index is 12.7. The largest absolute Gasteiger partial charge is 0.322 e. The zero-order valence-corrected chi connectivity index (χ0v) is 14.0. The van der Waals surface area contributed by atoms with Gasteiger partial charge in [0.1, 0.15) is 5.54 Å². The Balaban J connectivity index is 2.02. The standard InChI is InChI=1S/C19H19N3O4/c23-13-22(26)16(11-14-7-3-1-4-8-14)19(17(24)20-18(25)21-19)12-15-9-5-2-6-10-15/h1-10,13,16,26H,11-12H2,(H2,20,21,24,25)/t16-,19?/m0/s1. The molecule has 7 nitrogen and oxygen atoms in total. The number of benzene rings is 2. The van der Waals surface area contributed by atoms with Gasteiger partial charge in [0.2, 0.25) is 6.41 Å². The number of rotatable bonds is 7. The van der Waals surface area contributed by atoms with Crippen LogP contribution in [-0.2, 0) is 22.4 Å². The molecule has 26 heavy (non-hydrogen) atoms. The molecular weight excluding hydrogens is 334 g/mol. The Morgan fingerprint density at radius 1 is 1.00 bits per heavy atom. The Labute approximate surface area is 150 Å². The third kappa shape index (κ3) is 3.43. The van der Waals surface area contributed by atoms with E-state index in [0.717, 1.165) is 11.1 Å². The lowest BCUT2D eigenvalue weighted by Crippen LogP contribution is -2.63. The number of carbonyl (C=O) groups excluding carboxylic acids is 3. The van der Waals surface area contributed by atoms with Gasteiger partial charge in [0.05, 0.1) is 6.04 Å². The van der Waals surface area contributed by atoms with Gasteiger partial charge in [-0.3, -0.25) is 20.1 Å². The average Bonchev–Trinajstić information content (AvgIpc) is 2.94. The molecular formula is C19H19N3O4. The fraction of sp³-hybridized carbons (Fsp3) is 0.211. The van der Waals surface area contributed by atoms with E-state index in [1.165, 1.54) is 0 Å². The molecule has 134 valence electrons. The fourth-order valence-electron chi connectivity index (χ4n) is 3.30. The monoisotopic (exact) mass is 353 g/mol. The van der Waals surface area contributed by atoms with Crippen LogP contribution < -0.4 is 10.6 Å². The second-order valence-electron chi connectivity index (χ2n) is 6.23. The van der Waals surface area contributed by atoms with Crippen molar-refractivity contribution in [2.75, 3.05) is 0 Å². The summed E-state index contributed by atoms with van der Waals surface area (Å²) in [6.07, 6.45) is 0.572. The van der Waals surface area contributed by atoms with Crippen LogP contribution in [0.25, 0.3) is 0 Å². The van der Waals surface area contributed by atoms with Gasteiger partial charge in [-0.2, -0.15) is 0 Å². The van der Waals surface area contributed by atoms with E-state index >= 15 is 0 Å². The van der Waals surface area contributed by atoms with Crippen LogP contribution in [0.3, 0.4) is 0 Å². The Bertz CT molecular complexity index is 797. The highest BCUT2D eigenvalue weighted by Gasteiger charge is 2.54. The Hall–Kier alpha value is -3.19. The van der Waals surface area contributed by atoms with E-state index < -0.39 is 23.5 Å². The predicted octanol–water partition coefficient (Wildman–Crippen LogP) is 1.27. The summed E-state index contributed by atoms with van der Waals surface area (Å²) in [5, 5.41) is 15.6. The summed E-state index contributed by atoms with van der Waals surface area (Å²) in [4.78, 5) is 35.9. The molecule has 0 bridgehead atoms. The van der Waals surface area contributed by atoms with Gasteiger partial charge in [0.25, 0.3) is 5.91 Å². The van der Waals surface area contributed by atoms with Crippen LogP contribution in [0.1, 0.15) is 11.1 Å². The smallest absolute Gasteiger partial charge is 0.321 e. The first kappa shape index (κ1) is 17.6. The van der Waals surface area contributed by atoms with E-state index in [1.54, 1.807) is 0 Å². The zero-order valence-electron chi connectivity index (χ0n) is 14.0. The van der Waals surface area contributed by atoms with Crippen molar-refractivity contribution in [3.05, 3.63) is 71.8 Å². The van der Waals surface area contributed by atoms with Crippen molar-refractivity contribution >= 4 is 18.3 Å². The van der Waals surface area contributed by atoms with Crippen LogP contribution in [0.5, 0.6) is 0 Å². The molecule has 0 radical (unpaired) electrons. The molecule has 7 heteroatoms.